The van der Waals surface area contributed by atoms with Crippen molar-refractivity contribution < 1.29 is 5.11 Å². The van der Waals surface area contributed by atoms with Gasteiger partial charge < -0.3 is 5.11 Å². The molecule has 1 N–H and O–H groups in total. The minimum Gasteiger partial charge on any atom is -0.388 e. The Balaban J connectivity index is 2.08. The van der Waals surface area contributed by atoms with Gasteiger partial charge in [0.25, 0.3) is 0 Å². The molecule has 2 nitrogen and oxygen atoms in total. The summed E-state index contributed by atoms with van der Waals surface area (Å²) in [6, 6.07) is 12.3. The molecule has 0 aliphatic carbocycles. The zero-order valence-corrected chi connectivity index (χ0v) is 11.8. The maximum atomic E-state index is 10.2. The van der Waals surface area contributed by atoms with Crippen LogP contribution in [0.15, 0.2) is 42.6 Å². The summed E-state index contributed by atoms with van der Waals surface area (Å²) in [6.45, 7) is 6.31. The fourth-order valence-electron chi connectivity index (χ4n) is 2.15. The van der Waals surface area contributed by atoms with Gasteiger partial charge in [-0.3, -0.25) is 4.98 Å². The van der Waals surface area contributed by atoms with Crippen molar-refractivity contribution in [3.05, 3.63) is 65.0 Å². The molecule has 2 aromatic rings. The SMILES string of the molecule is Cc1cc(C(O)Cc2ccc(C(C)C)cc2)ccn1. The lowest BCUT2D eigenvalue weighted by molar-refractivity contribution is 0.178. The minimum absolute atomic E-state index is 0.466. The normalized spacial score (nSPS) is 12.7. The van der Waals surface area contributed by atoms with E-state index in [2.05, 4.69) is 43.1 Å². The average Bonchev–Trinajstić information content (AvgIpc) is 2.39. The highest BCUT2D eigenvalue weighted by Gasteiger charge is 2.09. The molecule has 1 unspecified atom stereocenters. The van der Waals surface area contributed by atoms with Crippen molar-refractivity contribution in [1.82, 2.24) is 4.98 Å². The lowest BCUT2D eigenvalue weighted by Gasteiger charge is -2.12. The minimum atomic E-state index is -0.466. The summed E-state index contributed by atoms with van der Waals surface area (Å²) in [6.07, 6.45) is 1.92. The number of aromatic nitrogens is 1. The van der Waals surface area contributed by atoms with E-state index < -0.39 is 6.10 Å². The van der Waals surface area contributed by atoms with Crippen LogP contribution in [0.2, 0.25) is 0 Å². The first kappa shape index (κ1) is 13.8. The molecule has 0 aliphatic heterocycles. The molecule has 0 saturated heterocycles. The second kappa shape index (κ2) is 5.98. The zero-order chi connectivity index (χ0) is 13.8. The van der Waals surface area contributed by atoms with Gasteiger partial charge in [0.15, 0.2) is 0 Å². The lowest BCUT2D eigenvalue weighted by atomic mass is 9.98. The Morgan fingerprint density at radius 1 is 1.05 bits per heavy atom. The van der Waals surface area contributed by atoms with Gasteiger partial charge in [-0.1, -0.05) is 38.1 Å². The van der Waals surface area contributed by atoms with Crippen LogP contribution in [-0.4, -0.2) is 10.1 Å². The zero-order valence-electron chi connectivity index (χ0n) is 11.8. The third kappa shape index (κ3) is 3.65. The maximum absolute atomic E-state index is 10.2. The van der Waals surface area contributed by atoms with Crippen molar-refractivity contribution in [2.45, 2.75) is 39.2 Å². The fourth-order valence-corrected chi connectivity index (χ4v) is 2.15. The monoisotopic (exact) mass is 255 g/mol. The molecule has 19 heavy (non-hydrogen) atoms. The Labute approximate surface area is 115 Å². The van der Waals surface area contributed by atoms with Gasteiger partial charge in [0, 0.05) is 18.3 Å². The first-order valence-corrected chi connectivity index (χ1v) is 6.75. The van der Waals surface area contributed by atoms with E-state index in [1.165, 1.54) is 5.56 Å². The molecule has 0 fully saturated rings. The molecular weight excluding hydrogens is 234 g/mol. The van der Waals surface area contributed by atoms with Crippen LogP contribution in [-0.2, 0) is 6.42 Å². The number of pyridine rings is 1. The number of nitrogens with zero attached hydrogens (tertiary/aromatic N) is 1. The number of hydrogen-bond donors (Lipinski definition) is 1. The van der Waals surface area contributed by atoms with Gasteiger partial charge in [0.1, 0.15) is 0 Å². The average molecular weight is 255 g/mol. The molecule has 0 radical (unpaired) electrons. The van der Waals surface area contributed by atoms with E-state index in [0.29, 0.717) is 12.3 Å². The second-order valence-corrected chi connectivity index (χ2v) is 5.35. The summed E-state index contributed by atoms with van der Waals surface area (Å²) in [5.74, 6) is 0.543. The van der Waals surface area contributed by atoms with Crippen LogP contribution in [0.25, 0.3) is 0 Å². The van der Waals surface area contributed by atoms with E-state index in [-0.39, 0.29) is 0 Å². The maximum Gasteiger partial charge on any atom is 0.0831 e. The van der Waals surface area contributed by atoms with E-state index in [1.807, 2.05) is 19.1 Å². The second-order valence-electron chi connectivity index (χ2n) is 5.35. The predicted molar refractivity (Wildman–Crippen MR) is 78.2 cm³/mol. The van der Waals surface area contributed by atoms with Gasteiger partial charge in [-0.25, -0.2) is 0 Å². The van der Waals surface area contributed by atoms with Gasteiger partial charge >= 0.3 is 0 Å². The molecule has 2 rings (SSSR count). The number of aryl methyl sites for hydroxylation is 1. The molecule has 0 aliphatic rings. The first-order valence-electron chi connectivity index (χ1n) is 6.75. The van der Waals surface area contributed by atoms with Gasteiger partial charge in [-0.2, -0.15) is 0 Å². The number of aliphatic hydroxyl groups excluding tert-OH is 1. The largest absolute Gasteiger partial charge is 0.388 e. The van der Waals surface area contributed by atoms with Crippen LogP contribution < -0.4 is 0 Å². The topological polar surface area (TPSA) is 33.1 Å². The lowest BCUT2D eigenvalue weighted by Crippen LogP contribution is -2.02. The highest BCUT2D eigenvalue weighted by molar-refractivity contribution is 5.27. The Morgan fingerprint density at radius 3 is 2.32 bits per heavy atom. The van der Waals surface area contributed by atoms with Gasteiger partial charge in [0.05, 0.1) is 6.10 Å². The van der Waals surface area contributed by atoms with Crippen molar-refractivity contribution >= 4 is 0 Å². The van der Waals surface area contributed by atoms with Crippen LogP contribution in [0.3, 0.4) is 0 Å². The summed E-state index contributed by atoms with van der Waals surface area (Å²) in [7, 11) is 0. The summed E-state index contributed by atoms with van der Waals surface area (Å²) in [5.41, 5.74) is 4.36. The van der Waals surface area contributed by atoms with Crippen molar-refractivity contribution in [2.75, 3.05) is 0 Å². The number of benzene rings is 1. The van der Waals surface area contributed by atoms with Crippen LogP contribution in [0.5, 0.6) is 0 Å². The molecule has 0 bridgehead atoms. The molecule has 2 heteroatoms. The van der Waals surface area contributed by atoms with E-state index in [0.717, 1.165) is 16.8 Å². The highest BCUT2D eigenvalue weighted by atomic mass is 16.3. The molecule has 1 aromatic heterocycles. The van der Waals surface area contributed by atoms with Gasteiger partial charge in [-0.15, -0.1) is 0 Å². The van der Waals surface area contributed by atoms with E-state index in [9.17, 15) is 5.11 Å². The van der Waals surface area contributed by atoms with E-state index >= 15 is 0 Å². The summed E-state index contributed by atoms with van der Waals surface area (Å²) in [4.78, 5) is 4.15. The van der Waals surface area contributed by atoms with E-state index in [1.54, 1.807) is 6.20 Å². The van der Waals surface area contributed by atoms with Crippen molar-refractivity contribution in [1.29, 1.82) is 0 Å². The first-order chi connectivity index (χ1) is 9.06. The van der Waals surface area contributed by atoms with Crippen LogP contribution in [0, 0.1) is 6.92 Å². The molecule has 100 valence electrons. The van der Waals surface area contributed by atoms with Crippen LogP contribution >= 0.6 is 0 Å². The third-order valence-corrected chi connectivity index (χ3v) is 3.38. The van der Waals surface area contributed by atoms with Crippen LogP contribution in [0.4, 0.5) is 0 Å². The molecule has 0 spiro atoms. The Hall–Kier alpha value is -1.67. The van der Waals surface area contributed by atoms with Crippen LogP contribution in [0.1, 0.15) is 48.3 Å². The third-order valence-electron chi connectivity index (χ3n) is 3.38. The molecule has 1 heterocycles. The molecule has 1 atom stereocenters. The standard InChI is InChI=1S/C17H21NO/c1-12(2)15-6-4-14(5-7-15)11-17(19)16-8-9-18-13(3)10-16/h4-10,12,17,19H,11H2,1-3H3. The summed E-state index contributed by atoms with van der Waals surface area (Å²) >= 11 is 0. The predicted octanol–water partition coefficient (Wildman–Crippen LogP) is 3.79. The smallest absolute Gasteiger partial charge is 0.0831 e. The van der Waals surface area contributed by atoms with E-state index in [4.69, 9.17) is 0 Å². The molecular formula is C17H21NO. The quantitative estimate of drug-likeness (QED) is 0.901. The summed E-state index contributed by atoms with van der Waals surface area (Å²) < 4.78 is 0. The number of aliphatic hydroxyl groups is 1. The highest BCUT2D eigenvalue weighted by Crippen LogP contribution is 2.20. The van der Waals surface area contributed by atoms with Crippen molar-refractivity contribution in [2.24, 2.45) is 0 Å². The summed E-state index contributed by atoms with van der Waals surface area (Å²) in [5, 5.41) is 10.2. The number of hydrogen-bond acceptors (Lipinski definition) is 2. The van der Waals surface area contributed by atoms with Crippen molar-refractivity contribution in [3.8, 4) is 0 Å². The van der Waals surface area contributed by atoms with Crippen molar-refractivity contribution in [3.63, 3.8) is 0 Å². The Morgan fingerprint density at radius 2 is 1.74 bits per heavy atom. The molecule has 0 saturated carbocycles. The fraction of sp³-hybridized carbons (Fsp3) is 0.353. The Bertz CT molecular complexity index is 531. The van der Waals surface area contributed by atoms with Gasteiger partial charge in [0.2, 0.25) is 0 Å². The Kier molecular flexibility index (Phi) is 4.33. The number of rotatable bonds is 4. The molecule has 1 aromatic carbocycles. The molecule has 0 amide bonds. The van der Waals surface area contributed by atoms with Gasteiger partial charge in [-0.05, 0) is 41.7 Å².